The Bertz CT molecular complexity index is 1270. The smallest absolute Gasteiger partial charge is 0.397 e. The standard InChI is InChI=1S/C25H27F3N8O/c1-2-36(34-23(30)25(26,27)28)18-6-4-17(5-7-18)32-24-31-12-9-21(33-24)16-3-8-22(20(29)15-16)35-13-10-19(37)11-14-35/h2-9,12,15,19,37H,1,10-11,13-14,29H2,(H2,30,34)(H,31,32,33). The molecule has 1 saturated heterocycles. The van der Waals surface area contributed by atoms with Crippen LogP contribution in [-0.2, 0) is 0 Å². The second-order valence-corrected chi connectivity index (χ2v) is 8.44. The molecule has 0 aliphatic carbocycles. The first-order valence-corrected chi connectivity index (χ1v) is 11.5. The van der Waals surface area contributed by atoms with Gasteiger partial charge in [-0.15, -0.1) is 5.10 Å². The molecule has 0 radical (unpaired) electrons. The zero-order chi connectivity index (χ0) is 26.6. The summed E-state index contributed by atoms with van der Waals surface area (Å²) in [6.07, 6.45) is -0.842. The maximum Gasteiger partial charge on any atom is 0.450 e. The molecule has 1 aromatic heterocycles. The number of rotatable bonds is 7. The number of nitrogen functional groups attached to an aromatic ring is 1. The minimum atomic E-state index is -4.74. The van der Waals surface area contributed by atoms with Gasteiger partial charge in [0, 0.05) is 36.7 Å². The highest BCUT2D eigenvalue weighted by Gasteiger charge is 2.34. The van der Waals surface area contributed by atoms with Gasteiger partial charge in [0.05, 0.1) is 28.9 Å². The first-order chi connectivity index (χ1) is 17.6. The largest absolute Gasteiger partial charge is 0.450 e. The molecule has 0 bridgehead atoms. The van der Waals surface area contributed by atoms with Crippen molar-refractivity contribution in [3.63, 3.8) is 0 Å². The third-order valence-electron chi connectivity index (χ3n) is 5.85. The Hall–Kier alpha value is -4.32. The summed E-state index contributed by atoms with van der Waals surface area (Å²) in [4.78, 5) is 11.0. The van der Waals surface area contributed by atoms with Crippen LogP contribution in [0.15, 0.2) is 72.6 Å². The molecular formula is C25H27F3N8O. The molecule has 2 heterocycles. The first-order valence-electron chi connectivity index (χ1n) is 11.5. The highest BCUT2D eigenvalue weighted by atomic mass is 19.4. The predicted molar refractivity (Wildman–Crippen MR) is 139 cm³/mol. The lowest BCUT2D eigenvalue weighted by molar-refractivity contribution is -0.0600. The molecule has 12 heteroatoms. The number of amidine groups is 1. The van der Waals surface area contributed by atoms with E-state index in [1.54, 1.807) is 36.5 Å². The third-order valence-corrected chi connectivity index (χ3v) is 5.85. The van der Waals surface area contributed by atoms with Gasteiger partial charge < -0.3 is 26.8 Å². The summed E-state index contributed by atoms with van der Waals surface area (Å²) in [7, 11) is 0. The molecule has 4 rings (SSSR count). The highest BCUT2D eigenvalue weighted by Crippen LogP contribution is 2.31. The molecule has 1 aliphatic heterocycles. The molecule has 3 aromatic rings. The van der Waals surface area contributed by atoms with Crippen LogP contribution in [-0.4, -0.2) is 46.3 Å². The number of nitrogens with one attached hydrogen (secondary N) is 1. The van der Waals surface area contributed by atoms with E-state index in [-0.39, 0.29) is 6.10 Å². The van der Waals surface area contributed by atoms with Crippen LogP contribution >= 0.6 is 0 Å². The van der Waals surface area contributed by atoms with Gasteiger partial charge in [0.15, 0.2) is 0 Å². The lowest BCUT2D eigenvalue weighted by Crippen LogP contribution is -2.36. The number of hydrogen-bond acceptors (Lipinski definition) is 8. The predicted octanol–water partition coefficient (Wildman–Crippen LogP) is 4.21. The van der Waals surface area contributed by atoms with Crippen LogP contribution in [0.4, 0.5) is 41.9 Å². The minimum absolute atomic E-state index is 0.262. The van der Waals surface area contributed by atoms with Crippen molar-refractivity contribution in [2.75, 3.05) is 34.0 Å². The van der Waals surface area contributed by atoms with E-state index < -0.39 is 12.0 Å². The summed E-state index contributed by atoms with van der Waals surface area (Å²) in [5.74, 6) is -1.15. The summed E-state index contributed by atoms with van der Waals surface area (Å²) in [5, 5.41) is 17.1. The summed E-state index contributed by atoms with van der Waals surface area (Å²) < 4.78 is 38.1. The molecule has 2 aromatic carbocycles. The quantitative estimate of drug-likeness (QED) is 0.160. The number of benzene rings is 2. The van der Waals surface area contributed by atoms with E-state index in [4.69, 9.17) is 11.5 Å². The second-order valence-electron chi connectivity index (χ2n) is 8.44. The number of aliphatic hydroxyl groups excluding tert-OH is 1. The molecule has 6 N–H and O–H groups in total. The molecule has 0 atom stereocenters. The average molecular weight is 513 g/mol. The van der Waals surface area contributed by atoms with E-state index in [9.17, 15) is 18.3 Å². The number of aliphatic hydroxyl groups is 1. The summed E-state index contributed by atoms with van der Waals surface area (Å²) in [5.41, 5.74) is 15.3. The van der Waals surface area contributed by atoms with Gasteiger partial charge in [-0.3, -0.25) is 0 Å². The van der Waals surface area contributed by atoms with Gasteiger partial charge in [-0.25, -0.2) is 15.0 Å². The minimum Gasteiger partial charge on any atom is -0.397 e. The molecule has 0 spiro atoms. The van der Waals surface area contributed by atoms with Crippen molar-refractivity contribution in [2.24, 2.45) is 10.8 Å². The number of halogens is 3. The monoisotopic (exact) mass is 512 g/mol. The van der Waals surface area contributed by atoms with Gasteiger partial charge in [0.1, 0.15) is 0 Å². The number of anilines is 5. The topological polar surface area (TPSA) is 129 Å². The van der Waals surface area contributed by atoms with Crippen molar-refractivity contribution in [3.05, 3.63) is 67.5 Å². The van der Waals surface area contributed by atoms with Gasteiger partial charge in [-0.2, -0.15) is 13.2 Å². The maximum absolute atomic E-state index is 12.7. The zero-order valence-electron chi connectivity index (χ0n) is 19.9. The van der Waals surface area contributed by atoms with Crippen molar-refractivity contribution >= 4 is 34.5 Å². The van der Waals surface area contributed by atoms with Crippen LogP contribution in [0.3, 0.4) is 0 Å². The molecule has 0 saturated carbocycles. The molecule has 0 unspecified atom stereocenters. The van der Waals surface area contributed by atoms with Crippen molar-refractivity contribution in [1.82, 2.24) is 9.97 Å². The van der Waals surface area contributed by atoms with Gasteiger partial charge in [0.2, 0.25) is 11.8 Å². The number of nitrogens with zero attached hydrogens (tertiary/aromatic N) is 5. The van der Waals surface area contributed by atoms with Gasteiger partial charge >= 0.3 is 6.18 Å². The third kappa shape index (κ3) is 6.28. The normalized spacial score (nSPS) is 14.9. The van der Waals surface area contributed by atoms with Gasteiger partial charge in [-0.1, -0.05) is 12.6 Å². The Labute approximate surface area is 211 Å². The van der Waals surface area contributed by atoms with Gasteiger partial charge in [-0.05, 0) is 55.3 Å². The van der Waals surface area contributed by atoms with Crippen LogP contribution in [0.1, 0.15) is 12.8 Å². The molecule has 37 heavy (non-hydrogen) atoms. The van der Waals surface area contributed by atoms with Crippen molar-refractivity contribution in [3.8, 4) is 11.3 Å². The number of piperidine rings is 1. The maximum atomic E-state index is 12.7. The van der Waals surface area contributed by atoms with Crippen molar-refractivity contribution in [2.45, 2.75) is 25.1 Å². The second kappa shape index (κ2) is 10.7. The van der Waals surface area contributed by atoms with Crippen LogP contribution in [0.25, 0.3) is 11.3 Å². The lowest BCUT2D eigenvalue weighted by Gasteiger charge is -2.32. The first kappa shape index (κ1) is 25.8. The van der Waals surface area contributed by atoms with E-state index in [1.807, 2.05) is 18.2 Å². The Morgan fingerprint density at radius 2 is 1.86 bits per heavy atom. The van der Waals surface area contributed by atoms with E-state index in [0.29, 0.717) is 41.5 Å². The Balaban J connectivity index is 1.47. The van der Waals surface area contributed by atoms with Crippen LogP contribution in [0, 0.1) is 0 Å². The molecule has 1 fully saturated rings. The number of alkyl halides is 3. The number of hydrazone groups is 1. The van der Waals surface area contributed by atoms with Crippen molar-refractivity contribution < 1.29 is 18.3 Å². The van der Waals surface area contributed by atoms with E-state index in [2.05, 4.69) is 31.9 Å². The number of nitrogens with two attached hydrogens (primary N) is 2. The molecule has 194 valence electrons. The summed E-state index contributed by atoms with van der Waals surface area (Å²) in [6, 6.07) is 13.9. The SMILES string of the molecule is C=CN(/N=C(\N)C(F)(F)F)c1ccc(Nc2nccc(-c3ccc(N4CCC(O)CC4)c(N)c3)n2)cc1. The van der Waals surface area contributed by atoms with Crippen LogP contribution in [0.2, 0.25) is 0 Å². The fourth-order valence-corrected chi connectivity index (χ4v) is 3.89. The van der Waals surface area contributed by atoms with E-state index >= 15 is 0 Å². The van der Waals surface area contributed by atoms with E-state index in [0.717, 1.165) is 35.5 Å². The Kier molecular flexibility index (Phi) is 7.48. The van der Waals surface area contributed by atoms with Crippen LogP contribution < -0.4 is 26.7 Å². The summed E-state index contributed by atoms with van der Waals surface area (Å²) >= 11 is 0. The molecule has 0 amide bonds. The highest BCUT2D eigenvalue weighted by molar-refractivity contribution is 5.86. The fourth-order valence-electron chi connectivity index (χ4n) is 3.89. The Morgan fingerprint density at radius 1 is 1.16 bits per heavy atom. The van der Waals surface area contributed by atoms with Gasteiger partial charge in [0.25, 0.3) is 0 Å². The molecule has 9 nitrogen and oxygen atoms in total. The Morgan fingerprint density at radius 3 is 2.49 bits per heavy atom. The summed E-state index contributed by atoms with van der Waals surface area (Å²) in [6.45, 7) is 4.98. The molecular weight excluding hydrogens is 485 g/mol. The van der Waals surface area contributed by atoms with E-state index in [1.165, 1.54) is 0 Å². The lowest BCUT2D eigenvalue weighted by atomic mass is 10.0. The number of aromatic nitrogens is 2. The molecule has 1 aliphatic rings. The average Bonchev–Trinajstić information content (AvgIpc) is 2.88. The zero-order valence-corrected chi connectivity index (χ0v) is 19.9. The fraction of sp³-hybridized carbons (Fsp3) is 0.240. The van der Waals surface area contributed by atoms with Crippen LogP contribution in [0.5, 0.6) is 0 Å². The van der Waals surface area contributed by atoms with Crippen molar-refractivity contribution in [1.29, 1.82) is 0 Å². The number of hydrogen-bond donors (Lipinski definition) is 4.